The first kappa shape index (κ1) is 16.9. The molecule has 3 nitrogen and oxygen atoms in total. The van der Waals surface area contributed by atoms with Crippen LogP contribution < -0.4 is 5.32 Å². The normalized spacial score (nSPS) is 12.9. The SMILES string of the molecule is CCN(CC)CCNC(CO)c1ccc(Cl)c(Br)c1. The molecule has 0 spiro atoms. The summed E-state index contributed by atoms with van der Waals surface area (Å²) in [6.07, 6.45) is 0. The molecule has 0 aliphatic rings. The summed E-state index contributed by atoms with van der Waals surface area (Å²) >= 11 is 9.38. The average Bonchev–Trinajstić information content (AvgIpc) is 2.42. The van der Waals surface area contributed by atoms with Crippen molar-refractivity contribution in [1.29, 1.82) is 0 Å². The largest absolute Gasteiger partial charge is 0.394 e. The lowest BCUT2D eigenvalue weighted by molar-refractivity contribution is 0.233. The highest BCUT2D eigenvalue weighted by atomic mass is 79.9. The van der Waals surface area contributed by atoms with Crippen LogP contribution in [0.2, 0.25) is 5.02 Å². The second-order valence-electron chi connectivity index (χ2n) is 4.39. The van der Waals surface area contributed by atoms with Gasteiger partial charge >= 0.3 is 0 Å². The number of rotatable bonds is 8. The van der Waals surface area contributed by atoms with Crippen LogP contribution in [-0.4, -0.2) is 42.8 Å². The minimum atomic E-state index is -0.0517. The van der Waals surface area contributed by atoms with Crippen LogP contribution in [0.15, 0.2) is 22.7 Å². The van der Waals surface area contributed by atoms with Gasteiger partial charge in [-0.15, -0.1) is 0 Å². The highest BCUT2D eigenvalue weighted by molar-refractivity contribution is 9.10. The molecule has 0 amide bonds. The van der Waals surface area contributed by atoms with Gasteiger partial charge in [0.15, 0.2) is 0 Å². The Morgan fingerprint density at radius 1 is 1.37 bits per heavy atom. The second-order valence-corrected chi connectivity index (χ2v) is 5.65. The lowest BCUT2D eigenvalue weighted by Gasteiger charge is -2.22. The van der Waals surface area contributed by atoms with Gasteiger partial charge in [-0.2, -0.15) is 0 Å². The molecule has 0 bridgehead atoms. The Morgan fingerprint density at radius 3 is 2.58 bits per heavy atom. The van der Waals surface area contributed by atoms with Crippen molar-refractivity contribution >= 4 is 27.5 Å². The van der Waals surface area contributed by atoms with Crippen molar-refractivity contribution in [3.63, 3.8) is 0 Å². The molecule has 108 valence electrons. The Morgan fingerprint density at radius 2 is 2.05 bits per heavy atom. The number of nitrogens with one attached hydrogen (secondary N) is 1. The maximum Gasteiger partial charge on any atom is 0.0626 e. The van der Waals surface area contributed by atoms with Gasteiger partial charge in [0.25, 0.3) is 0 Å². The fraction of sp³-hybridized carbons (Fsp3) is 0.571. The van der Waals surface area contributed by atoms with E-state index in [0.29, 0.717) is 5.02 Å². The van der Waals surface area contributed by atoms with E-state index in [1.54, 1.807) is 0 Å². The third-order valence-electron chi connectivity index (χ3n) is 3.24. The second kappa shape index (κ2) is 8.93. The van der Waals surface area contributed by atoms with Gasteiger partial charge in [-0.05, 0) is 46.7 Å². The quantitative estimate of drug-likeness (QED) is 0.757. The third-order valence-corrected chi connectivity index (χ3v) is 4.46. The van der Waals surface area contributed by atoms with Crippen LogP contribution in [0.4, 0.5) is 0 Å². The summed E-state index contributed by atoms with van der Waals surface area (Å²) in [4.78, 5) is 2.35. The molecule has 1 aromatic rings. The van der Waals surface area contributed by atoms with Crippen molar-refractivity contribution in [2.75, 3.05) is 32.8 Å². The van der Waals surface area contributed by atoms with E-state index in [2.05, 4.69) is 40.0 Å². The molecule has 0 aromatic heterocycles. The van der Waals surface area contributed by atoms with Crippen LogP contribution in [0, 0.1) is 0 Å². The van der Waals surface area contributed by atoms with Gasteiger partial charge in [0.05, 0.1) is 17.7 Å². The Hall–Kier alpha value is -0.130. The number of hydrogen-bond acceptors (Lipinski definition) is 3. The van der Waals surface area contributed by atoms with E-state index in [1.165, 1.54) is 0 Å². The van der Waals surface area contributed by atoms with Gasteiger partial charge in [-0.1, -0.05) is 31.5 Å². The molecule has 0 aliphatic heterocycles. The molecule has 19 heavy (non-hydrogen) atoms. The van der Waals surface area contributed by atoms with E-state index in [9.17, 15) is 5.11 Å². The zero-order valence-electron chi connectivity index (χ0n) is 11.5. The Labute approximate surface area is 129 Å². The number of hydrogen-bond donors (Lipinski definition) is 2. The first-order chi connectivity index (χ1) is 9.12. The number of nitrogens with zero attached hydrogens (tertiary/aromatic N) is 1. The molecule has 1 rings (SSSR count). The molecular formula is C14H22BrClN2O. The summed E-state index contributed by atoms with van der Waals surface area (Å²) in [5.74, 6) is 0. The van der Waals surface area contributed by atoms with Crippen molar-refractivity contribution < 1.29 is 5.11 Å². The summed E-state index contributed by atoms with van der Waals surface area (Å²) < 4.78 is 0.857. The van der Waals surface area contributed by atoms with Crippen LogP contribution in [0.25, 0.3) is 0 Å². The molecule has 1 atom stereocenters. The zero-order chi connectivity index (χ0) is 14.3. The maximum absolute atomic E-state index is 9.49. The third kappa shape index (κ3) is 5.40. The van der Waals surface area contributed by atoms with Crippen molar-refractivity contribution in [3.05, 3.63) is 33.3 Å². The molecule has 0 radical (unpaired) electrons. The first-order valence-corrected chi connectivity index (χ1v) is 7.81. The van der Waals surface area contributed by atoms with Crippen molar-refractivity contribution in [1.82, 2.24) is 10.2 Å². The Bertz CT molecular complexity index is 386. The number of benzene rings is 1. The molecule has 1 aromatic carbocycles. The van der Waals surface area contributed by atoms with E-state index in [4.69, 9.17) is 11.6 Å². The van der Waals surface area contributed by atoms with E-state index in [0.717, 1.165) is 36.2 Å². The van der Waals surface area contributed by atoms with Gasteiger partial charge in [-0.3, -0.25) is 0 Å². The van der Waals surface area contributed by atoms with Crippen LogP contribution in [-0.2, 0) is 0 Å². The summed E-state index contributed by atoms with van der Waals surface area (Å²) in [5.41, 5.74) is 1.04. The fourth-order valence-corrected chi connectivity index (χ4v) is 2.47. The monoisotopic (exact) mass is 348 g/mol. The minimum Gasteiger partial charge on any atom is -0.394 e. The van der Waals surface area contributed by atoms with Gasteiger partial charge in [0.2, 0.25) is 0 Å². The Balaban J connectivity index is 2.55. The number of halogens is 2. The average molecular weight is 350 g/mol. The fourth-order valence-electron chi connectivity index (χ4n) is 1.95. The highest BCUT2D eigenvalue weighted by Gasteiger charge is 2.11. The van der Waals surface area contributed by atoms with Crippen LogP contribution in [0.3, 0.4) is 0 Å². The smallest absolute Gasteiger partial charge is 0.0626 e. The van der Waals surface area contributed by atoms with E-state index < -0.39 is 0 Å². The molecule has 5 heteroatoms. The van der Waals surface area contributed by atoms with Gasteiger partial charge in [-0.25, -0.2) is 0 Å². The summed E-state index contributed by atoms with van der Waals surface area (Å²) in [6, 6.07) is 5.69. The van der Waals surface area contributed by atoms with Crippen LogP contribution in [0.1, 0.15) is 25.5 Å². The zero-order valence-corrected chi connectivity index (χ0v) is 13.8. The number of aliphatic hydroxyl groups is 1. The summed E-state index contributed by atoms with van der Waals surface area (Å²) in [5, 5.41) is 13.6. The highest BCUT2D eigenvalue weighted by Crippen LogP contribution is 2.25. The van der Waals surface area contributed by atoms with E-state index in [1.807, 2.05) is 18.2 Å². The molecule has 0 saturated heterocycles. The van der Waals surface area contributed by atoms with Crippen molar-refractivity contribution in [3.8, 4) is 0 Å². The lowest BCUT2D eigenvalue weighted by atomic mass is 10.1. The lowest BCUT2D eigenvalue weighted by Crippen LogP contribution is -2.34. The maximum atomic E-state index is 9.49. The van der Waals surface area contributed by atoms with Gasteiger partial charge in [0, 0.05) is 17.6 Å². The first-order valence-electron chi connectivity index (χ1n) is 6.63. The number of aliphatic hydroxyl groups excluding tert-OH is 1. The molecule has 0 saturated carbocycles. The number of likely N-dealkylation sites (N-methyl/N-ethyl adjacent to an activating group) is 1. The Kier molecular flexibility index (Phi) is 7.95. The molecule has 1 unspecified atom stereocenters. The minimum absolute atomic E-state index is 0.0517. The molecule has 0 heterocycles. The van der Waals surface area contributed by atoms with Crippen molar-refractivity contribution in [2.45, 2.75) is 19.9 Å². The molecule has 0 fully saturated rings. The predicted molar refractivity (Wildman–Crippen MR) is 84.8 cm³/mol. The molecular weight excluding hydrogens is 328 g/mol. The summed E-state index contributed by atoms with van der Waals surface area (Å²) in [6.45, 7) is 8.33. The van der Waals surface area contributed by atoms with Gasteiger partial charge in [0.1, 0.15) is 0 Å². The van der Waals surface area contributed by atoms with Crippen LogP contribution in [0.5, 0.6) is 0 Å². The molecule has 2 N–H and O–H groups in total. The summed E-state index contributed by atoms with van der Waals surface area (Å²) in [7, 11) is 0. The van der Waals surface area contributed by atoms with Crippen molar-refractivity contribution in [2.24, 2.45) is 0 Å². The standard InChI is InChI=1S/C14H22BrClN2O/c1-3-18(4-2)8-7-17-14(10-19)11-5-6-13(16)12(15)9-11/h5-6,9,14,17,19H,3-4,7-8,10H2,1-2H3. The van der Waals surface area contributed by atoms with Crippen LogP contribution >= 0.6 is 27.5 Å². The topological polar surface area (TPSA) is 35.5 Å². The predicted octanol–water partition coefficient (Wildman–Crippen LogP) is 3.07. The van der Waals surface area contributed by atoms with E-state index >= 15 is 0 Å². The van der Waals surface area contributed by atoms with E-state index in [-0.39, 0.29) is 12.6 Å². The molecule has 0 aliphatic carbocycles. The van der Waals surface area contributed by atoms with Gasteiger partial charge < -0.3 is 15.3 Å².